The molecule has 0 aliphatic rings. The van der Waals surface area contributed by atoms with Crippen molar-refractivity contribution >= 4 is 32.9 Å². The zero-order valence-corrected chi connectivity index (χ0v) is 12.8. The van der Waals surface area contributed by atoms with Crippen molar-refractivity contribution in [1.29, 1.82) is 0 Å². The molecule has 0 aliphatic heterocycles. The van der Waals surface area contributed by atoms with E-state index in [1.54, 1.807) is 29.8 Å². The number of thiophene rings is 1. The van der Waals surface area contributed by atoms with Crippen LogP contribution in [0.5, 0.6) is 0 Å². The lowest BCUT2D eigenvalue weighted by molar-refractivity contribution is 0.603. The molecule has 0 aliphatic carbocycles. The lowest BCUT2D eigenvalue weighted by atomic mass is 10.3. The fraction of sp³-hybridized carbons (Fsp3) is 0.308. The Bertz CT molecular complexity index is 622. The van der Waals surface area contributed by atoms with Crippen molar-refractivity contribution in [2.75, 3.05) is 16.6 Å². The van der Waals surface area contributed by atoms with Crippen LogP contribution in [0, 0.1) is 0 Å². The van der Waals surface area contributed by atoms with E-state index >= 15 is 0 Å². The summed E-state index contributed by atoms with van der Waals surface area (Å²) in [6.45, 7) is 3.01. The van der Waals surface area contributed by atoms with Crippen LogP contribution in [0.1, 0.15) is 19.8 Å². The predicted molar refractivity (Wildman–Crippen MR) is 82.8 cm³/mol. The van der Waals surface area contributed by atoms with Crippen LogP contribution in [-0.2, 0) is 10.0 Å². The summed E-state index contributed by atoms with van der Waals surface area (Å²) in [6, 6.07) is 6.73. The normalized spacial score (nSPS) is 11.2. The van der Waals surface area contributed by atoms with Crippen molar-refractivity contribution in [2.24, 2.45) is 0 Å². The molecule has 7 heteroatoms. The van der Waals surface area contributed by atoms with Crippen LogP contribution >= 0.6 is 11.3 Å². The van der Waals surface area contributed by atoms with Gasteiger partial charge in [-0.25, -0.2) is 13.4 Å². The maximum absolute atomic E-state index is 12.0. The van der Waals surface area contributed by atoms with Gasteiger partial charge in [0.15, 0.2) is 0 Å². The molecule has 0 fully saturated rings. The number of sulfonamides is 1. The molecule has 108 valence electrons. The molecule has 2 N–H and O–H groups in total. The third kappa shape index (κ3) is 3.94. The number of rotatable bonds is 7. The van der Waals surface area contributed by atoms with E-state index in [9.17, 15) is 8.42 Å². The van der Waals surface area contributed by atoms with Crippen LogP contribution in [-0.4, -0.2) is 19.9 Å². The molecule has 5 nitrogen and oxygen atoms in total. The molecule has 0 aromatic carbocycles. The van der Waals surface area contributed by atoms with Crippen LogP contribution < -0.4 is 10.0 Å². The van der Waals surface area contributed by atoms with Crippen molar-refractivity contribution in [3.63, 3.8) is 0 Å². The monoisotopic (exact) mass is 311 g/mol. The first-order chi connectivity index (χ1) is 9.62. The standard InChI is InChI=1S/C13H17N3O2S2/c1-2-3-8-14-11-6-7-12(15-10-11)16-20(17,18)13-5-4-9-19-13/h4-7,9-10,14H,2-3,8H2,1H3,(H,15,16). The number of unbranched alkanes of at least 4 members (excludes halogenated alkanes) is 1. The third-order valence-electron chi connectivity index (χ3n) is 2.62. The van der Waals surface area contributed by atoms with Gasteiger partial charge >= 0.3 is 0 Å². The van der Waals surface area contributed by atoms with E-state index in [0.29, 0.717) is 5.82 Å². The number of pyridine rings is 1. The van der Waals surface area contributed by atoms with Crippen molar-refractivity contribution in [3.05, 3.63) is 35.8 Å². The molecule has 0 spiro atoms. The Balaban J connectivity index is 2.00. The number of hydrogen-bond acceptors (Lipinski definition) is 5. The minimum Gasteiger partial charge on any atom is -0.384 e. The zero-order chi connectivity index (χ0) is 14.4. The Morgan fingerprint density at radius 3 is 2.75 bits per heavy atom. The number of anilines is 2. The highest BCUT2D eigenvalue weighted by molar-refractivity contribution is 7.94. The van der Waals surface area contributed by atoms with Gasteiger partial charge in [0.25, 0.3) is 10.0 Å². The van der Waals surface area contributed by atoms with Crippen LogP contribution in [0.3, 0.4) is 0 Å². The van der Waals surface area contributed by atoms with E-state index in [0.717, 1.165) is 25.1 Å². The number of nitrogens with one attached hydrogen (secondary N) is 2. The number of hydrogen-bond donors (Lipinski definition) is 2. The van der Waals surface area contributed by atoms with Gasteiger partial charge < -0.3 is 5.32 Å². The van der Waals surface area contributed by atoms with Gasteiger partial charge in [0, 0.05) is 6.54 Å². The Kier molecular flexibility index (Phi) is 4.97. The van der Waals surface area contributed by atoms with Gasteiger partial charge in [-0.1, -0.05) is 19.4 Å². The molecule has 2 aromatic rings. The Morgan fingerprint density at radius 2 is 2.15 bits per heavy atom. The van der Waals surface area contributed by atoms with Gasteiger partial charge in [-0.2, -0.15) is 0 Å². The average molecular weight is 311 g/mol. The maximum Gasteiger partial charge on any atom is 0.272 e. The fourth-order valence-corrected chi connectivity index (χ4v) is 3.57. The molecular weight excluding hydrogens is 294 g/mol. The van der Waals surface area contributed by atoms with Crippen molar-refractivity contribution in [1.82, 2.24) is 4.98 Å². The summed E-state index contributed by atoms with van der Waals surface area (Å²) in [6.07, 6.45) is 3.84. The average Bonchev–Trinajstić information content (AvgIpc) is 2.95. The minimum atomic E-state index is -3.52. The topological polar surface area (TPSA) is 71.1 Å². The van der Waals surface area contributed by atoms with Gasteiger partial charge in [0.1, 0.15) is 10.0 Å². The summed E-state index contributed by atoms with van der Waals surface area (Å²) in [5.74, 6) is 0.319. The molecule has 2 rings (SSSR count). The van der Waals surface area contributed by atoms with Gasteiger partial charge in [-0.15, -0.1) is 11.3 Å². The van der Waals surface area contributed by atoms with Gasteiger partial charge in [-0.05, 0) is 30.0 Å². The number of nitrogens with zero attached hydrogens (tertiary/aromatic N) is 1. The molecule has 0 radical (unpaired) electrons. The van der Waals surface area contributed by atoms with E-state index in [2.05, 4.69) is 21.9 Å². The lowest BCUT2D eigenvalue weighted by Gasteiger charge is -2.08. The largest absolute Gasteiger partial charge is 0.384 e. The van der Waals surface area contributed by atoms with Gasteiger partial charge in [0.05, 0.1) is 11.9 Å². The Morgan fingerprint density at radius 1 is 1.30 bits per heavy atom. The molecule has 20 heavy (non-hydrogen) atoms. The molecule has 2 heterocycles. The maximum atomic E-state index is 12.0. The molecule has 0 bridgehead atoms. The lowest BCUT2D eigenvalue weighted by Crippen LogP contribution is -2.12. The SMILES string of the molecule is CCCCNc1ccc(NS(=O)(=O)c2cccs2)nc1. The molecule has 0 amide bonds. The van der Waals surface area contributed by atoms with Crippen molar-refractivity contribution in [3.8, 4) is 0 Å². The fourth-order valence-electron chi connectivity index (χ4n) is 1.57. The van der Waals surface area contributed by atoms with Crippen molar-refractivity contribution in [2.45, 2.75) is 24.0 Å². The van der Waals surface area contributed by atoms with Crippen LogP contribution in [0.25, 0.3) is 0 Å². The summed E-state index contributed by atoms with van der Waals surface area (Å²) in [4.78, 5) is 4.10. The van der Waals surface area contributed by atoms with E-state index in [1.165, 1.54) is 11.3 Å². The first-order valence-electron chi connectivity index (χ1n) is 6.38. The minimum absolute atomic E-state index is 0.282. The Hall–Kier alpha value is -1.60. The second kappa shape index (κ2) is 6.71. The second-order valence-corrected chi connectivity index (χ2v) is 7.11. The summed E-state index contributed by atoms with van der Waals surface area (Å²) >= 11 is 1.18. The summed E-state index contributed by atoms with van der Waals surface area (Å²) in [7, 11) is -3.52. The molecule has 2 aromatic heterocycles. The van der Waals surface area contributed by atoms with Crippen LogP contribution in [0.2, 0.25) is 0 Å². The van der Waals surface area contributed by atoms with Crippen LogP contribution in [0.4, 0.5) is 11.5 Å². The first kappa shape index (κ1) is 14.8. The van der Waals surface area contributed by atoms with E-state index in [1.807, 2.05) is 6.07 Å². The molecule has 0 unspecified atom stereocenters. The van der Waals surface area contributed by atoms with Crippen molar-refractivity contribution < 1.29 is 8.42 Å². The van der Waals surface area contributed by atoms with E-state index < -0.39 is 10.0 Å². The van der Waals surface area contributed by atoms with E-state index in [-0.39, 0.29) is 4.21 Å². The van der Waals surface area contributed by atoms with Crippen LogP contribution in [0.15, 0.2) is 40.1 Å². The van der Waals surface area contributed by atoms with Gasteiger partial charge in [-0.3, -0.25) is 4.72 Å². The predicted octanol–water partition coefficient (Wildman–Crippen LogP) is 3.16. The number of aromatic nitrogens is 1. The molecule has 0 saturated carbocycles. The quantitative estimate of drug-likeness (QED) is 0.771. The highest BCUT2D eigenvalue weighted by Crippen LogP contribution is 2.19. The third-order valence-corrected chi connectivity index (χ3v) is 5.37. The molecule has 0 atom stereocenters. The van der Waals surface area contributed by atoms with E-state index in [4.69, 9.17) is 0 Å². The summed E-state index contributed by atoms with van der Waals surface area (Å²) in [5, 5.41) is 4.95. The smallest absolute Gasteiger partial charge is 0.272 e. The second-order valence-electron chi connectivity index (χ2n) is 4.25. The molecular formula is C13H17N3O2S2. The highest BCUT2D eigenvalue weighted by atomic mass is 32.2. The first-order valence-corrected chi connectivity index (χ1v) is 8.74. The zero-order valence-electron chi connectivity index (χ0n) is 11.2. The Labute approximate surface area is 123 Å². The van der Waals surface area contributed by atoms with Gasteiger partial charge in [0.2, 0.25) is 0 Å². The molecule has 0 saturated heterocycles. The summed E-state index contributed by atoms with van der Waals surface area (Å²) in [5.41, 5.74) is 0.887. The summed E-state index contributed by atoms with van der Waals surface area (Å²) < 4.78 is 26.7. The highest BCUT2D eigenvalue weighted by Gasteiger charge is 2.15.